The summed E-state index contributed by atoms with van der Waals surface area (Å²) in [5.41, 5.74) is 2.04. The summed E-state index contributed by atoms with van der Waals surface area (Å²) in [7, 11) is 1.60. The summed E-state index contributed by atoms with van der Waals surface area (Å²) in [6.45, 7) is 1.73. The van der Waals surface area contributed by atoms with Crippen molar-refractivity contribution in [2.24, 2.45) is 0 Å². The highest BCUT2D eigenvalue weighted by Crippen LogP contribution is 2.18. The molecule has 1 amide bonds. The van der Waals surface area contributed by atoms with Crippen molar-refractivity contribution in [1.82, 2.24) is 0 Å². The van der Waals surface area contributed by atoms with Crippen LogP contribution in [0.15, 0.2) is 42.5 Å². The van der Waals surface area contributed by atoms with Gasteiger partial charge >= 0.3 is 0 Å². The van der Waals surface area contributed by atoms with Crippen LogP contribution in [0.2, 0.25) is 0 Å². The zero-order chi connectivity index (χ0) is 14.7. The molecule has 2 aromatic carbocycles. The Hall–Kier alpha value is -2.67. The second kappa shape index (κ2) is 5.54. The number of aryl methyl sites for hydroxylation is 1. The Balaban J connectivity index is 2.35. The van der Waals surface area contributed by atoms with Crippen molar-refractivity contribution in [2.75, 3.05) is 11.9 Å². The predicted molar refractivity (Wildman–Crippen MR) is 75.0 cm³/mol. The predicted octanol–water partition coefficient (Wildman–Crippen LogP) is 3.28. The van der Waals surface area contributed by atoms with Gasteiger partial charge in [0.05, 0.1) is 11.6 Å². The molecule has 0 aliphatic rings. The summed E-state index contributed by atoms with van der Waals surface area (Å²) >= 11 is 0. The van der Waals surface area contributed by atoms with Crippen molar-refractivity contribution in [3.63, 3.8) is 0 Å². The van der Waals surface area contributed by atoms with Crippen LogP contribution in [0.3, 0.4) is 0 Å². The van der Waals surface area contributed by atoms with Gasteiger partial charge in [0.15, 0.2) is 0 Å². The van der Waals surface area contributed by atoms with Gasteiger partial charge in [0.2, 0.25) is 0 Å². The lowest BCUT2D eigenvalue weighted by Crippen LogP contribution is -2.26. The summed E-state index contributed by atoms with van der Waals surface area (Å²) in [5.74, 6) is -0.754. The molecule has 0 spiro atoms. The zero-order valence-corrected chi connectivity index (χ0v) is 11.2. The number of halogens is 1. The molecule has 2 aromatic rings. The molecule has 0 aliphatic heterocycles. The van der Waals surface area contributed by atoms with Gasteiger partial charge < -0.3 is 4.90 Å². The fraction of sp³-hybridized carbons (Fsp3) is 0.125. The fourth-order valence-electron chi connectivity index (χ4n) is 1.95. The van der Waals surface area contributed by atoms with Crippen LogP contribution in [0.5, 0.6) is 0 Å². The van der Waals surface area contributed by atoms with E-state index < -0.39 is 5.82 Å². The second-order valence-corrected chi connectivity index (χ2v) is 4.54. The molecule has 20 heavy (non-hydrogen) atoms. The molecule has 0 N–H and O–H groups in total. The van der Waals surface area contributed by atoms with E-state index in [9.17, 15) is 9.18 Å². The molecule has 0 aliphatic carbocycles. The van der Waals surface area contributed by atoms with E-state index in [1.807, 2.05) is 6.07 Å². The Labute approximate surface area is 116 Å². The molecule has 0 aromatic heterocycles. The van der Waals surface area contributed by atoms with Crippen molar-refractivity contribution < 1.29 is 9.18 Å². The van der Waals surface area contributed by atoms with Gasteiger partial charge in [-0.3, -0.25) is 4.79 Å². The summed E-state index contributed by atoms with van der Waals surface area (Å²) < 4.78 is 13.4. The molecule has 0 saturated carbocycles. The minimum absolute atomic E-state index is 0.285. The molecule has 0 unspecified atom stereocenters. The summed E-state index contributed by atoms with van der Waals surface area (Å²) in [6, 6.07) is 12.9. The highest BCUT2D eigenvalue weighted by molar-refractivity contribution is 6.05. The maximum atomic E-state index is 13.4. The number of carbonyl (C=O) groups excluding carboxylic acids is 1. The number of carbonyl (C=O) groups is 1. The Morgan fingerprint density at radius 2 is 2.00 bits per heavy atom. The third-order valence-electron chi connectivity index (χ3n) is 2.96. The van der Waals surface area contributed by atoms with Crippen molar-refractivity contribution >= 4 is 11.6 Å². The molecular weight excluding hydrogens is 255 g/mol. The molecule has 2 rings (SSSR count). The first-order chi connectivity index (χ1) is 9.51. The monoisotopic (exact) mass is 268 g/mol. The molecule has 0 heterocycles. The molecule has 3 nitrogen and oxygen atoms in total. The fourth-order valence-corrected chi connectivity index (χ4v) is 1.95. The van der Waals surface area contributed by atoms with Gasteiger partial charge in [0.25, 0.3) is 5.91 Å². The third-order valence-corrected chi connectivity index (χ3v) is 2.96. The number of hydrogen-bond donors (Lipinski definition) is 0. The lowest BCUT2D eigenvalue weighted by molar-refractivity contribution is 0.0992. The average molecular weight is 268 g/mol. The van der Waals surface area contributed by atoms with E-state index in [1.54, 1.807) is 44.3 Å². The standard InChI is InChI=1S/C16H13FN2O/c1-11-6-13(9-14(17)7-11)16(20)19(2)15-5-3-4-12(8-15)10-18/h3-9H,1-2H3. The molecule has 0 bridgehead atoms. The zero-order valence-electron chi connectivity index (χ0n) is 11.2. The first-order valence-corrected chi connectivity index (χ1v) is 6.06. The Bertz CT molecular complexity index is 684. The maximum Gasteiger partial charge on any atom is 0.258 e. The number of hydrogen-bond acceptors (Lipinski definition) is 2. The number of rotatable bonds is 2. The molecule has 4 heteroatoms. The number of nitrogens with zero attached hydrogens (tertiary/aromatic N) is 2. The SMILES string of the molecule is Cc1cc(F)cc(C(=O)N(C)c2cccc(C#N)c2)c1. The Kier molecular flexibility index (Phi) is 3.81. The molecular formula is C16H13FN2O. The van der Waals surface area contributed by atoms with E-state index in [0.717, 1.165) is 0 Å². The van der Waals surface area contributed by atoms with Crippen molar-refractivity contribution in [3.8, 4) is 6.07 Å². The van der Waals surface area contributed by atoms with Gasteiger partial charge in [-0.15, -0.1) is 0 Å². The van der Waals surface area contributed by atoms with Crippen LogP contribution >= 0.6 is 0 Å². The van der Waals surface area contributed by atoms with Crippen molar-refractivity contribution in [3.05, 3.63) is 65.0 Å². The van der Waals surface area contributed by atoms with E-state index in [-0.39, 0.29) is 11.5 Å². The number of amides is 1. The van der Waals surface area contributed by atoms with Crippen molar-refractivity contribution in [1.29, 1.82) is 5.26 Å². The molecule has 100 valence electrons. The van der Waals surface area contributed by atoms with Gasteiger partial charge in [-0.1, -0.05) is 6.07 Å². The summed E-state index contributed by atoms with van der Waals surface area (Å²) in [4.78, 5) is 13.7. The third kappa shape index (κ3) is 2.83. The molecule has 0 saturated heterocycles. The first-order valence-electron chi connectivity index (χ1n) is 6.06. The molecule has 0 atom stereocenters. The number of benzene rings is 2. The smallest absolute Gasteiger partial charge is 0.258 e. The maximum absolute atomic E-state index is 13.4. The van der Waals surface area contributed by atoms with Crippen LogP contribution in [-0.2, 0) is 0 Å². The van der Waals surface area contributed by atoms with E-state index in [2.05, 4.69) is 0 Å². The van der Waals surface area contributed by atoms with E-state index >= 15 is 0 Å². The van der Waals surface area contributed by atoms with Crippen LogP contribution < -0.4 is 4.90 Å². The Morgan fingerprint density at radius 1 is 1.25 bits per heavy atom. The van der Waals surface area contributed by atoms with Crippen LogP contribution in [0, 0.1) is 24.1 Å². The van der Waals surface area contributed by atoms with Gasteiger partial charge in [-0.2, -0.15) is 5.26 Å². The summed E-state index contributed by atoms with van der Waals surface area (Å²) in [6.07, 6.45) is 0. The van der Waals surface area contributed by atoms with E-state index in [1.165, 1.54) is 17.0 Å². The van der Waals surface area contributed by atoms with Crippen LogP contribution in [-0.4, -0.2) is 13.0 Å². The highest BCUT2D eigenvalue weighted by Gasteiger charge is 2.15. The minimum atomic E-state index is -0.437. The molecule has 0 radical (unpaired) electrons. The minimum Gasteiger partial charge on any atom is -0.311 e. The average Bonchev–Trinajstić information content (AvgIpc) is 2.44. The van der Waals surface area contributed by atoms with Crippen LogP contribution in [0.25, 0.3) is 0 Å². The lowest BCUT2D eigenvalue weighted by atomic mass is 10.1. The largest absolute Gasteiger partial charge is 0.311 e. The number of anilines is 1. The van der Waals surface area contributed by atoms with Gasteiger partial charge in [-0.05, 0) is 48.9 Å². The lowest BCUT2D eigenvalue weighted by Gasteiger charge is -2.18. The highest BCUT2D eigenvalue weighted by atomic mass is 19.1. The quantitative estimate of drug-likeness (QED) is 0.839. The van der Waals surface area contributed by atoms with Gasteiger partial charge in [0, 0.05) is 18.3 Å². The van der Waals surface area contributed by atoms with Gasteiger partial charge in [0.1, 0.15) is 5.82 Å². The topological polar surface area (TPSA) is 44.1 Å². The Morgan fingerprint density at radius 3 is 2.65 bits per heavy atom. The normalized spacial score (nSPS) is 9.90. The van der Waals surface area contributed by atoms with Gasteiger partial charge in [-0.25, -0.2) is 4.39 Å². The van der Waals surface area contributed by atoms with E-state index in [4.69, 9.17) is 5.26 Å². The van der Waals surface area contributed by atoms with Crippen LogP contribution in [0.4, 0.5) is 10.1 Å². The first kappa shape index (κ1) is 13.8. The number of nitriles is 1. The second-order valence-electron chi connectivity index (χ2n) is 4.54. The summed E-state index contributed by atoms with van der Waals surface area (Å²) in [5, 5.41) is 8.87. The van der Waals surface area contributed by atoms with E-state index in [0.29, 0.717) is 16.8 Å². The van der Waals surface area contributed by atoms with Crippen LogP contribution in [0.1, 0.15) is 21.5 Å². The van der Waals surface area contributed by atoms with Crippen molar-refractivity contribution in [2.45, 2.75) is 6.92 Å². The molecule has 0 fully saturated rings.